The van der Waals surface area contributed by atoms with E-state index in [4.69, 9.17) is 32.7 Å². The fourth-order valence-corrected chi connectivity index (χ4v) is 5.82. The van der Waals surface area contributed by atoms with Crippen LogP contribution in [0.4, 0.5) is 10.5 Å². The number of nitrogens with one attached hydrogen (secondary N) is 1. The number of halogens is 2. The molecule has 1 atom stereocenters. The van der Waals surface area contributed by atoms with Crippen LogP contribution in [-0.2, 0) is 23.9 Å². The van der Waals surface area contributed by atoms with Gasteiger partial charge in [-0.1, -0.05) is 94.8 Å². The number of carbonyl (C=O) groups is 5. The molecule has 9 nitrogen and oxygen atoms in total. The maximum atomic E-state index is 13.6. The van der Waals surface area contributed by atoms with Crippen molar-refractivity contribution in [3.63, 3.8) is 0 Å². The van der Waals surface area contributed by atoms with E-state index in [9.17, 15) is 24.0 Å². The molecule has 1 heterocycles. The number of anilines is 1. The SMILES string of the molecule is CCCCCCCCCCCCOC(=O)c1cc(NC(=O)C(C(=O)C2(CC)CC2)N2C(=O)OC(C)(C)C2=O)c(Cl)cc1Cl. The van der Waals surface area contributed by atoms with Gasteiger partial charge >= 0.3 is 12.1 Å². The smallest absolute Gasteiger partial charge is 0.418 e. The second kappa shape index (κ2) is 15.4. The highest BCUT2D eigenvalue weighted by atomic mass is 35.5. The summed E-state index contributed by atoms with van der Waals surface area (Å²) in [5, 5.41) is 2.57. The third kappa shape index (κ3) is 8.72. The van der Waals surface area contributed by atoms with Gasteiger partial charge in [0, 0.05) is 5.41 Å². The number of amides is 3. The van der Waals surface area contributed by atoms with Crippen LogP contribution in [0.25, 0.3) is 0 Å². The number of rotatable bonds is 18. The molecule has 3 rings (SSSR count). The molecule has 1 N–H and O–H groups in total. The lowest BCUT2D eigenvalue weighted by Crippen LogP contribution is -2.55. The van der Waals surface area contributed by atoms with Crippen molar-refractivity contribution >= 4 is 58.5 Å². The van der Waals surface area contributed by atoms with Crippen molar-refractivity contribution in [1.29, 1.82) is 0 Å². The van der Waals surface area contributed by atoms with E-state index in [0.717, 1.165) is 25.7 Å². The molecule has 0 spiro atoms. The number of carbonyl (C=O) groups excluding carboxylic acids is 5. The molecule has 238 valence electrons. The Kier molecular flexibility index (Phi) is 12.5. The van der Waals surface area contributed by atoms with Crippen LogP contribution >= 0.6 is 23.2 Å². The Balaban J connectivity index is 1.64. The summed E-state index contributed by atoms with van der Waals surface area (Å²) in [4.78, 5) is 66.3. The second-order valence-corrected chi connectivity index (χ2v) is 12.9. The summed E-state index contributed by atoms with van der Waals surface area (Å²) < 4.78 is 10.6. The zero-order valence-corrected chi connectivity index (χ0v) is 27.2. The van der Waals surface area contributed by atoms with E-state index in [-0.39, 0.29) is 27.9 Å². The van der Waals surface area contributed by atoms with Crippen LogP contribution in [0.2, 0.25) is 10.0 Å². The first-order valence-electron chi connectivity index (χ1n) is 15.5. The first kappa shape index (κ1) is 34.8. The molecule has 11 heteroatoms. The molecule has 1 aromatic carbocycles. The number of Topliss-reactive ketones (excluding diaryl/α,β-unsaturated/α-hetero) is 1. The van der Waals surface area contributed by atoms with Crippen LogP contribution in [0.1, 0.15) is 122 Å². The lowest BCUT2D eigenvalue weighted by atomic mass is 9.90. The third-order valence-corrected chi connectivity index (χ3v) is 8.97. The van der Waals surface area contributed by atoms with E-state index in [1.165, 1.54) is 64.5 Å². The van der Waals surface area contributed by atoms with Gasteiger partial charge in [0.25, 0.3) is 11.8 Å². The van der Waals surface area contributed by atoms with Crippen molar-refractivity contribution < 1.29 is 33.4 Å². The summed E-state index contributed by atoms with van der Waals surface area (Å²) in [5.41, 5.74) is -2.35. The summed E-state index contributed by atoms with van der Waals surface area (Å²) in [5.74, 6) is -2.96. The summed E-state index contributed by atoms with van der Waals surface area (Å²) in [7, 11) is 0. The van der Waals surface area contributed by atoms with E-state index in [0.29, 0.717) is 24.2 Å². The molecular formula is C32H44Cl2N2O7. The number of benzene rings is 1. The van der Waals surface area contributed by atoms with Gasteiger partial charge in [-0.25, -0.2) is 14.5 Å². The van der Waals surface area contributed by atoms with Gasteiger partial charge in [0.15, 0.2) is 17.4 Å². The predicted molar refractivity (Wildman–Crippen MR) is 165 cm³/mol. The molecule has 0 radical (unpaired) electrons. The number of hydrogen-bond acceptors (Lipinski definition) is 7. The fraction of sp³-hybridized carbons (Fsp3) is 0.656. The highest BCUT2D eigenvalue weighted by molar-refractivity contribution is 6.38. The summed E-state index contributed by atoms with van der Waals surface area (Å²) >= 11 is 12.6. The zero-order chi connectivity index (χ0) is 31.8. The molecule has 1 aliphatic carbocycles. The molecule has 1 aromatic rings. The van der Waals surface area contributed by atoms with Gasteiger partial charge in [-0.15, -0.1) is 0 Å². The fourth-order valence-electron chi connectivity index (χ4n) is 5.31. The van der Waals surface area contributed by atoms with E-state index in [1.807, 2.05) is 6.92 Å². The lowest BCUT2D eigenvalue weighted by Gasteiger charge is -2.26. The van der Waals surface area contributed by atoms with Crippen molar-refractivity contribution in [3.8, 4) is 0 Å². The maximum absolute atomic E-state index is 13.6. The third-order valence-electron chi connectivity index (χ3n) is 8.35. The highest BCUT2D eigenvalue weighted by Crippen LogP contribution is 2.51. The summed E-state index contributed by atoms with van der Waals surface area (Å²) in [6.07, 6.45) is 12.0. The minimum absolute atomic E-state index is 0.00285. The summed E-state index contributed by atoms with van der Waals surface area (Å²) in [6, 6.07) is 0.799. The Morgan fingerprint density at radius 2 is 1.51 bits per heavy atom. The van der Waals surface area contributed by atoms with Crippen molar-refractivity contribution in [2.45, 2.75) is 123 Å². The molecule has 43 heavy (non-hydrogen) atoms. The van der Waals surface area contributed by atoms with E-state index >= 15 is 0 Å². The molecule has 1 saturated heterocycles. The van der Waals surface area contributed by atoms with Crippen molar-refractivity contribution in [2.75, 3.05) is 11.9 Å². The Bertz CT molecular complexity index is 1210. The van der Waals surface area contributed by atoms with Crippen molar-refractivity contribution in [2.24, 2.45) is 5.41 Å². The van der Waals surface area contributed by atoms with E-state index in [1.54, 1.807) is 0 Å². The largest absolute Gasteiger partial charge is 0.462 e. The van der Waals surface area contributed by atoms with Crippen molar-refractivity contribution in [3.05, 3.63) is 27.7 Å². The van der Waals surface area contributed by atoms with Crippen LogP contribution < -0.4 is 5.32 Å². The van der Waals surface area contributed by atoms with Gasteiger partial charge < -0.3 is 14.8 Å². The standard InChI is InChI=1S/C32H44Cl2N2O7/c1-5-7-8-9-10-11-12-13-14-15-18-42-28(39)21-19-24(23(34)20-22(21)33)35-27(38)25(26(37)32(6-2)16-17-32)36-29(40)31(3,4)43-30(36)41/h19-20,25H,5-18H2,1-4H3,(H,35,38). The zero-order valence-electron chi connectivity index (χ0n) is 25.7. The average molecular weight is 640 g/mol. The molecule has 2 fully saturated rings. The molecule has 1 aliphatic heterocycles. The second-order valence-electron chi connectivity index (χ2n) is 12.1. The molecule has 0 bridgehead atoms. The first-order valence-corrected chi connectivity index (χ1v) is 16.2. The van der Waals surface area contributed by atoms with Crippen LogP contribution in [0.5, 0.6) is 0 Å². The van der Waals surface area contributed by atoms with Crippen LogP contribution in [-0.4, -0.2) is 52.8 Å². The number of imide groups is 1. The van der Waals surface area contributed by atoms with Crippen LogP contribution in [0.3, 0.4) is 0 Å². The molecular weight excluding hydrogens is 595 g/mol. The molecule has 3 amide bonds. The molecule has 2 aliphatic rings. The lowest BCUT2D eigenvalue weighted by molar-refractivity contribution is -0.144. The highest BCUT2D eigenvalue weighted by Gasteiger charge is 2.59. The Morgan fingerprint density at radius 1 is 0.930 bits per heavy atom. The van der Waals surface area contributed by atoms with Gasteiger partial charge in [-0.2, -0.15) is 0 Å². The van der Waals surface area contributed by atoms with Gasteiger partial charge in [0.05, 0.1) is 27.9 Å². The Morgan fingerprint density at radius 3 is 2.02 bits per heavy atom. The quantitative estimate of drug-likeness (QED) is 0.0986. The minimum atomic E-state index is -1.76. The van der Waals surface area contributed by atoms with E-state index < -0.39 is 46.7 Å². The monoisotopic (exact) mass is 638 g/mol. The van der Waals surface area contributed by atoms with E-state index in [2.05, 4.69) is 12.2 Å². The number of ketones is 1. The summed E-state index contributed by atoms with van der Waals surface area (Å²) in [6.45, 7) is 7.03. The minimum Gasteiger partial charge on any atom is -0.462 e. The van der Waals surface area contributed by atoms with Crippen LogP contribution in [0, 0.1) is 5.41 Å². The Hall–Kier alpha value is -2.65. The number of unbranched alkanes of at least 4 members (excludes halogenated alkanes) is 9. The normalized spacial score (nSPS) is 17.4. The molecule has 1 unspecified atom stereocenters. The van der Waals surface area contributed by atoms with Gasteiger partial charge in [0.2, 0.25) is 0 Å². The maximum Gasteiger partial charge on any atom is 0.418 e. The van der Waals surface area contributed by atoms with Crippen molar-refractivity contribution in [1.82, 2.24) is 4.90 Å². The predicted octanol–water partition coefficient (Wildman–Crippen LogP) is 7.89. The molecule has 1 saturated carbocycles. The number of hydrogen-bond donors (Lipinski definition) is 1. The average Bonchev–Trinajstić information content (AvgIpc) is 3.72. The number of ether oxygens (including phenoxy) is 2. The Labute approximate surface area is 264 Å². The topological polar surface area (TPSA) is 119 Å². The first-order chi connectivity index (χ1) is 20.4. The van der Waals surface area contributed by atoms with Gasteiger partial charge in [-0.3, -0.25) is 14.4 Å². The molecule has 0 aromatic heterocycles. The van der Waals surface area contributed by atoms with Gasteiger partial charge in [0.1, 0.15) is 0 Å². The number of nitrogens with zero attached hydrogens (tertiary/aromatic N) is 1. The van der Waals surface area contributed by atoms with Gasteiger partial charge in [-0.05, 0) is 51.7 Å². The number of esters is 1. The number of cyclic esters (lactones) is 1. The van der Waals surface area contributed by atoms with Crippen LogP contribution in [0.15, 0.2) is 12.1 Å².